The summed E-state index contributed by atoms with van der Waals surface area (Å²) >= 11 is 3.35. The molecule has 0 aromatic heterocycles. The van der Waals surface area contributed by atoms with Crippen molar-refractivity contribution < 1.29 is 14.6 Å². The van der Waals surface area contributed by atoms with Crippen LogP contribution in [0.4, 0.5) is 0 Å². The minimum absolute atomic E-state index is 0.00991. The van der Waals surface area contributed by atoms with Gasteiger partial charge in [-0.15, -0.1) is 0 Å². The molecule has 0 radical (unpaired) electrons. The lowest BCUT2D eigenvalue weighted by molar-refractivity contribution is -0.123. The Bertz CT molecular complexity index is 409. The van der Waals surface area contributed by atoms with Crippen LogP contribution < -0.4 is 10.1 Å². The molecule has 2 unspecified atom stereocenters. The van der Waals surface area contributed by atoms with Crippen LogP contribution in [0.2, 0.25) is 0 Å². The van der Waals surface area contributed by atoms with Gasteiger partial charge in [0.15, 0.2) is 6.61 Å². The van der Waals surface area contributed by atoms with E-state index in [4.69, 9.17) is 4.74 Å². The van der Waals surface area contributed by atoms with E-state index in [1.807, 2.05) is 25.1 Å². The Hall–Kier alpha value is -1.07. The minimum atomic E-state index is -0.344. The number of hydrogen-bond acceptors (Lipinski definition) is 3. The summed E-state index contributed by atoms with van der Waals surface area (Å²) in [5, 5.41) is 12.0. The van der Waals surface area contributed by atoms with Crippen molar-refractivity contribution in [3.63, 3.8) is 0 Å². The van der Waals surface area contributed by atoms with Crippen molar-refractivity contribution >= 4 is 21.8 Å². The Morgan fingerprint density at radius 2 is 2.11 bits per heavy atom. The van der Waals surface area contributed by atoms with Crippen LogP contribution in [0, 0.1) is 5.92 Å². The first kappa shape index (κ1) is 16.0. The van der Waals surface area contributed by atoms with Crippen LogP contribution in [0.15, 0.2) is 28.7 Å². The first-order valence-electron chi connectivity index (χ1n) is 6.31. The largest absolute Gasteiger partial charge is 0.483 e. The van der Waals surface area contributed by atoms with Crippen LogP contribution in [-0.4, -0.2) is 30.3 Å². The maximum Gasteiger partial charge on any atom is 0.257 e. The van der Waals surface area contributed by atoms with Gasteiger partial charge in [-0.2, -0.15) is 0 Å². The molecular formula is C14H20BrNO3. The molecule has 2 N–H and O–H groups in total. The number of benzene rings is 1. The average Bonchev–Trinajstić information content (AvgIpc) is 2.34. The van der Waals surface area contributed by atoms with Gasteiger partial charge in [0.05, 0.1) is 10.6 Å². The molecule has 0 aliphatic rings. The number of carbonyl (C=O) groups excluding carboxylic acids is 1. The molecule has 1 rings (SSSR count). The fourth-order valence-electron chi connectivity index (χ4n) is 1.71. The molecular weight excluding hydrogens is 310 g/mol. The minimum Gasteiger partial charge on any atom is -0.483 e. The summed E-state index contributed by atoms with van der Waals surface area (Å²) < 4.78 is 6.23. The number of amides is 1. The highest BCUT2D eigenvalue weighted by Crippen LogP contribution is 2.23. The quantitative estimate of drug-likeness (QED) is 0.807. The number of carbonyl (C=O) groups is 1. The Morgan fingerprint density at radius 3 is 2.74 bits per heavy atom. The first-order valence-corrected chi connectivity index (χ1v) is 7.10. The molecule has 5 heteroatoms. The topological polar surface area (TPSA) is 58.6 Å². The third-order valence-corrected chi connectivity index (χ3v) is 3.24. The van der Waals surface area contributed by atoms with Crippen molar-refractivity contribution in [2.75, 3.05) is 13.2 Å². The SMILES string of the molecule is CC(O)CC(C)CNC(=O)COc1ccccc1Br. The second-order valence-electron chi connectivity index (χ2n) is 4.71. The van der Waals surface area contributed by atoms with Gasteiger partial charge < -0.3 is 15.2 Å². The number of ether oxygens (including phenoxy) is 1. The van der Waals surface area contributed by atoms with Crippen molar-refractivity contribution in [1.29, 1.82) is 0 Å². The number of aliphatic hydroxyl groups is 1. The van der Waals surface area contributed by atoms with E-state index >= 15 is 0 Å². The molecule has 4 nitrogen and oxygen atoms in total. The molecule has 106 valence electrons. The highest BCUT2D eigenvalue weighted by molar-refractivity contribution is 9.10. The number of para-hydroxylation sites is 1. The fraction of sp³-hybridized carbons (Fsp3) is 0.500. The summed E-state index contributed by atoms with van der Waals surface area (Å²) in [4.78, 5) is 11.6. The van der Waals surface area contributed by atoms with Crippen molar-refractivity contribution in [2.45, 2.75) is 26.4 Å². The van der Waals surface area contributed by atoms with Gasteiger partial charge in [-0.05, 0) is 47.3 Å². The lowest BCUT2D eigenvalue weighted by atomic mass is 10.1. The molecule has 1 aromatic carbocycles. The average molecular weight is 330 g/mol. The highest BCUT2D eigenvalue weighted by Gasteiger charge is 2.09. The summed E-state index contributed by atoms with van der Waals surface area (Å²) in [7, 11) is 0. The maximum atomic E-state index is 11.6. The molecule has 0 heterocycles. The highest BCUT2D eigenvalue weighted by atomic mass is 79.9. The van der Waals surface area contributed by atoms with E-state index in [1.165, 1.54) is 0 Å². The number of halogens is 1. The standard InChI is InChI=1S/C14H20BrNO3/c1-10(7-11(2)17)8-16-14(18)9-19-13-6-4-3-5-12(13)15/h3-6,10-11,17H,7-9H2,1-2H3,(H,16,18). The van der Waals surface area contributed by atoms with Crippen molar-refractivity contribution in [3.05, 3.63) is 28.7 Å². The Kier molecular flexibility index (Phi) is 6.87. The Labute approximate surface area is 122 Å². The van der Waals surface area contributed by atoms with Gasteiger partial charge in [0.2, 0.25) is 0 Å². The molecule has 0 saturated heterocycles. The second-order valence-corrected chi connectivity index (χ2v) is 5.57. The van der Waals surface area contributed by atoms with E-state index < -0.39 is 0 Å². The van der Waals surface area contributed by atoms with Crippen molar-refractivity contribution in [3.8, 4) is 5.75 Å². The normalized spacial score (nSPS) is 13.7. The fourth-order valence-corrected chi connectivity index (χ4v) is 2.11. The van der Waals surface area contributed by atoms with Crippen molar-refractivity contribution in [1.82, 2.24) is 5.32 Å². The van der Waals surface area contributed by atoms with Gasteiger partial charge in [-0.25, -0.2) is 0 Å². The summed E-state index contributed by atoms with van der Waals surface area (Å²) in [6.07, 6.45) is 0.328. The maximum absolute atomic E-state index is 11.6. The molecule has 0 aliphatic heterocycles. The molecule has 2 atom stereocenters. The number of aliphatic hydroxyl groups excluding tert-OH is 1. The number of nitrogens with one attached hydrogen (secondary N) is 1. The van der Waals surface area contributed by atoms with E-state index in [-0.39, 0.29) is 24.5 Å². The van der Waals surface area contributed by atoms with E-state index in [9.17, 15) is 9.90 Å². The predicted octanol–water partition coefficient (Wildman–Crippen LogP) is 2.35. The second kappa shape index (κ2) is 8.17. The number of hydrogen-bond donors (Lipinski definition) is 2. The van der Waals surface area contributed by atoms with Crippen LogP contribution >= 0.6 is 15.9 Å². The van der Waals surface area contributed by atoms with Gasteiger partial charge in [0.1, 0.15) is 5.75 Å². The molecule has 0 spiro atoms. The molecule has 1 amide bonds. The van der Waals surface area contributed by atoms with Gasteiger partial charge in [-0.3, -0.25) is 4.79 Å². The van der Waals surface area contributed by atoms with Crippen LogP contribution in [-0.2, 0) is 4.79 Å². The zero-order chi connectivity index (χ0) is 14.3. The van der Waals surface area contributed by atoms with Gasteiger partial charge in [-0.1, -0.05) is 19.1 Å². The smallest absolute Gasteiger partial charge is 0.257 e. The molecule has 0 aliphatic carbocycles. The predicted molar refractivity (Wildman–Crippen MR) is 78.1 cm³/mol. The zero-order valence-electron chi connectivity index (χ0n) is 11.2. The summed E-state index contributed by atoms with van der Waals surface area (Å²) in [5.41, 5.74) is 0. The van der Waals surface area contributed by atoms with E-state index in [2.05, 4.69) is 21.2 Å². The Morgan fingerprint density at radius 1 is 1.42 bits per heavy atom. The molecule has 1 aromatic rings. The van der Waals surface area contributed by atoms with Gasteiger partial charge in [0.25, 0.3) is 5.91 Å². The zero-order valence-corrected chi connectivity index (χ0v) is 12.8. The Balaban J connectivity index is 2.27. The lowest BCUT2D eigenvalue weighted by Crippen LogP contribution is -2.33. The molecule has 19 heavy (non-hydrogen) atoms. The van der Waals surface area contributed by atoms with Crippen LogP contribution in [0.5, 0.6) is 5.75 Å². The monoisotopic (exact) mass is 329 g/mol. The molecule has 0 saturated carbocycles. The molecule has 0 bridgehead atoms. The number of rotatable bonds is 7. The third-order valence-electron chi connectivity index (χ3n) is 2.59. The first-order chi connectivity index (χ1) is 8.99. The van der Waals surface area contributed by atoms with E-state index in [0.29, 0.717) is 18.7 Å². The van der Waals surface area contributed by atoms with Crippen LogP contribution in [0.1, 0.15) is 20.3 Å². The van der Waals surface area contributed by atoms with Crippen LogP contribution in [0.25, 0.3) is 0 Å². The summed E-state index contributed by atoms with van der Waals surface area (Å²) in [6, 6.07) is 7.39. The molecule has 0 fully saturated rings. The van der Waals surface area contributed by atoms with E-state index in [1.54, 1.807) is 13.0 Å². The summed E-state index contributed by atoms with van der Waals surface area (Å²) in [5.74, 6) is 0.732. The van der Waals surface area contributed by atoms with Gasteiger partial charge >= 0.3 is 0 Å². The van der Waals surface area contributed by atoms with E-state index in [0.717, 1.165) is 4.47 Å². The summed E-state index contributed by atoms with van der Waals surface area (Å²) in [6.45, 7) is 4.27. The lowest BCUT2D eigenvalue weighted by Gasteiger charge is -2.14. The third kappa shape index (κ3) is 6.59. The van der Waals surface area contributed by atoms with Crippen LogP contribution in [0.3, 0.4) is 0 Å². The van der Waals surface area contributed by atoms with Gasteiger partial charge in [0, 0.05) is 6.54 Å². The van der Waals surface area contributed by atoms with Crippen molar-refractivity contribution in [2.24, 2.45) is 5.92 Å².